The maximum atomic E-state index is 3.64. The molecule has 1 saturated carbocycles. The summed E-state index contributed by atoms with van der Waals surface area (Å²) in [6.45, 7) is 4.68. The highest BCUT2D eigenvalue weighted by Crippen LogP contribution is 2.30. The lowest BCUT2D eigenvalue weighted by Crippen LogP contribution is -2.37. The zero-order valence-electron chi connectivity index (χ0n) is 9.95. The predicted octanol–water partition coefficient (Wildman–Crippen LogP) is 2.51. The normalized spacial score (nSPS) is 23.2. The van der Waals surface area contributed by atoms with Gasteiger partial charge in [0.25, 0.3) is 0 Å². The van der Waals surface area contributed by atoms with Crippen molar-refractivity contribution in [3.8, 4) is 0 Å². The van der Waals surface area contributed by atoms with Gasteiger partial charge in [0.05, 0.1) is 0 Å². The molecule has 1 atom stereocenters. The van der Waals surface area contributed by atoms with Gasteiger partial charge in [0.1, 0.15) is 0 Å². The lowest BCUT2D eigenvalue weighted by molar-refractivity contribution is 0.267. The first-order valence-electron chi connectivity index (χ1n) is 6.45. The molecule has 1 N–H and O–H groups in total. The molecule has 0 saturated heterocycles. The Hall–Kier alpha value is -1.02. The Morgan fingerprint density at radius 1 is 1.31 bits per heavy atom. The first-order chi connectivity index (χ1) is 7.86. The SMILES string of the molecule is CCN(CC1Cc2ccccc2N1)C1CC1. The van der Waals surface area contributed by atoms with Gasteiger partial charge in [-0.2, -0.15) is 0 Å². The second-order valence-corrected chi connectivity index (χ2v) is 5.02. The molecule has 16 heavy (non-hydrogen) atoms. The van der Waals surface area contributed by atoms with E-state index < -0.39 is 0 Å². The highest BCUT2D eigenvalue weighted by molar-refractivity contribution is 5.56. The topological polar surface area (TPSA) is 15.3 Å². The molecule has 1 heterocycles. The van der Waals surface area contributed by atoms with Gasteiger partial charge in [-0.1, -0.05) is 25.1 Å². The number of anilines is 1. The van der Waals surface area contributed by atoms with Crippen molar-refractivity contribution in [2.24, 2.45) is 0 Å². The van der Waals surface area contributed by atoms with Crippen LogP contribution in [0.2, 0.25) is 0 Å². The number of benzene rings is 1. The maximum absolute atomic E-state index is 3.64. The zero-order chi connectivity index (χ0) is 11.0. The van der Waals surface area contributed by atoms with Crippen LogP contribution in [0.3, 0.4) is 0 Å². The molecule has 0 spiro atoms. The van der Waals surface area contributed by atoms with Gasteiger partial charge in [-0.15, -0.1) is 0 Å². The van der Waals surface area contributed by atoms with Gasteiger partial charge in [-0.25, -0.2) is 0 Å². The Bertz CT molecular complexity index is 346. The summed E-state index contributed by atoms with van der Waals surface area (Å²) in [7, 11) is 0. The van der Waals surface area contributed by atoms with Gasteiger partial charge < -0.3 is 5.32 Å². The fraction of sp³-hybridized carbons (Fsp3) is 0.571. The average molecular weight is 216 g/mol. The van der Waals surface area contributed by atoms with Crippen molar-refractivity contribution in [3.05, 3.63) is 29.8 Å². The summed E-state index contributed by atoms with van der Waals surface area (Å²) in [5, 5.41) is 3.64. The summed E-state index contributed by atoms with van der Waals surface area (Å²) in [4.78, 5) is 2.63. The lowest BCUT2D eigenvalue weighted by atomic mass is 10.1. The molecule has 0 bridgehead atoms. The standard InChI is InChI=1S/C14H20N2/c1-2-16(13-7-8-13)10-12-9-11-5-3-4-6-14(11)15-12/h3-6,12-13,15H,2,7-10H2,1H3. The van der Waals surface area contributed by atoms with Crippen LogP contribution in [0.4, 0.5) is 5.69 Å². The molecule has 2 heteroatoms. The Labute approximate surface area is 97.6 Å². The van der Waals surface area contributed by atoms with E-state index in [1.807, 2.05) is 0 Å². The minimum absolute atomic E-state index is 0.623. The van der Waals surface area contributed by atoms with Crippen molar-refractivity contribution in [1.29, 1.82) is 0 Å². The number of nitrogens with zero attached hydrogens (tertiary/aromatic N) is 1. The maximum Gasteiger partial charge on any atom is 0.0429 e. The molecule has 0 aromatic heterocycles. The van der Waals surface area contributed by atoms with E-state index in [0.29, 0.717) is 6.04 Å². The van der Waals surface area contributed by atoms with Gasteiger partial charge in [0.2, 0.25) is 0 Å². The van der Waals surface area contributed by atoms with Crippen LogP contribution >= 0.6 is 0 Å². The molecular weight excluding hydrogens is 196 g/mol. The van der Waals surface area contributed by atoms with Crippen LogP contribution in [0.15, 0.2) is 24.3 Å². The first kappa shape index (κ1) is 10.2. The van der Waals surface area contributed by atoms with E-state index in [1.165, 1.54) is 43.6 Å². The molecule has 1 aromatic rings. The van der Waals surface area contributed by atoms with Crippen LogP contribution in [0.25, 0.3) is 0 Å². The minimum atomic E-state index is 0.623. The smallest absolute Gasteiger partial charge is 0.0429 e. The van der Waals surface area contributed by atoms with E-state index in [9.17, 15) is 0 Å². The van der Waals surface area contributed by atoms with Crippen LogP contribution < -0.4 is 5.32 Å². The van der Waals surface area contributed by atoms with E-state index in [0.717, 1.165) is 6.04 Å². The van der Waals surface area contributed by atoms with E-state index in [-0.39, 0.29) is 0 Å². The fourth-order valence-electron chi connectivity index (χ4n) is 2.74. The van der Waals surface area contributed by atoms with Crippen molar-refractivity contribution >= 4 is 5.69 Å². The number of nitrogens with one attached hydrogen (secondary N) is 1. The minimum Gasteiger partial charge on any atom is -0.380 e. The zero-order valence-corrected chi connectivity index (χ0v) is 9.95. The Morgan fingerprint density at radius 3 is 2.81 bits per heavy atom. The summed E-state index contributed by atoms with van der Waals surface area (Å²) in [5.41, 5.74) is 2.83. The number of fused-ring (bicyclic) bond motifs is 1. The molecule has 86 valence electrons. The summed E-state index contributed by atoms with van der Waals surface area (Å²) >= 11 is 0. The fourth-order valence-corrected chi connectivity index (χ4v) is 2.74. The van der Waals surface area contributed by atoms with Gasteiger partial charge in [0.15, 0.2) is 0 Å². The van der Waals surface area contributed by atoms with Crippen molar-refractivity contribution in [1.82, 2.24) is 4.90 Å². The summed E-state index contributed by atoms with van der Waals surface area (Å²) < 4.78 is 0. The van der Waals surface area contributed by atoms with Crippen LogP contribution in [-0.4, -0.2) is 30.1 Å². The lowest BCUT2D eigenvalue weighted by Gasteiger charge is -2.24. The van der Waals surface area contributed by atoms with Crippen molar-refractivity contribution in [3.63, 3.8) is 0 Å². The molecule has 0 amide bonds. The second-order valence-electron chi connectivity index (χ2n) is 5.02. The predicted molar refractivity (Wildman–Crippen MR) is 67.8 cm³/mol. The van der Waals surface area contributed by atoms with E-state index in [4.69, 9.17) is 0 Å². The third kappa shape index (κ3) is 1.94. The molecule has 1 aliphatic heterocycles. The third-order valence-electron chi connectivity index (χ3n) is 3.77. The Morgan fingerprint density at radius 2 is 2.12 bits per heavy atom. The molecule has 1 aromatic carbocycles. The number of hydrogen-bond acceptors (Lipinski definition) is 2. The van der Waals surface area contributed by atoms with Crippen molar-refractivity contribution in [2.75, 3.05) is 18.4 Å². The van der Waals surface area contributed by atoms with Gasteiger partial charge >= 0.3 is 0 Å². The molecule has 1 unspecified atom stereocenters. The van der Waals surface area contributed by atoms with E-state index >= 15 is 0 Å². The molecule has 2 aliphatic rings. The molecule has 1 aliphatic carbocycles. The number of hydrogen-bond donors (Lipinski definition) is 1. The Balaban J connectivity index is 1.62. The summed E-state index contributed by atoms with van der Waals surface area (Å²) in [5.74, 6) is 0. The van der Waals surface area contributed by atoms with Crippen LogP contribution in [0.5, 0.6) is 0 Å². The van der Waals surface area contributed by atoms with Crippen LogP contribution in [-0.2, 0) is 6.42 Å². The third-order valence-corrected chi connectivity index (χ3v) is 3.77. The monoisotopic (exact) mass is 216 g/mol. The Kier molecular flexibility index (Phi) is 2.60. The quantitative estimate of drug-likeness (QED) is 0.832. The van der Waals surface area contributed by atoms with E-state index in [1.54, 1.807) is 0 Å². The molecule has 1 fully saturated rings. The van der Waals surface area contributed by atoms with Gasteiger partial charge in [0, 0.05) is 24.3 Å². The first-order valence-corrected chi connectivity index (χ1v) is 6.45. The van der Waals surface area contributed by atoms with E-state index in [2.05, 4.69) is 41.4 Å². The van der Waals surface area contributed by atoms with Crippen LogP contribution in [0, 0.1) is 0 Å². The number of likely N-dealkylation sites (N-methyl/N-ethyl adjacent to an activating group) is 1. The molecule has 3 rings (SSSR count). The van der Waals surface area contributed by atoms with Crippen molar-refractivity contribution in [2.45, 2.75) is 38.3 Å². The van der Waals surface area contributed by atoms with Crippen LogP contribution in [0.1, 0.15) is 25.3 Å². The number of para-hydroxylation sites is 1. The summed E-state index contributed by atoms with van der Waals surface area (Å²) in [6.07, 6.45) is 4.01. The second kappa shape index (κ2) is 4.10. The average Bonchev–Trinajstić information content (AvgIpc) is 3.06. The molecular formula is C14H20N2. The van der Waals surface area contributed by atoms with Gasteiger partial charge in [-0.05, 0) is 37.4 Å². The molecule has 0 radical (unpaired) electrons. The summed E-state index contributed by atoms with van der Waals surface area (Å²) in [6, 6.07) is 10.2. The van der Waals surface area contributed by atoms with Crippen molar-refractivity contribution < 1.29 is 0 Å². The van der Waals surface area contributed by atoms with Gasteiger partial charge in [-0.3, -0.25) is 4.90 Å². The molecule has 2 nitrogen and oxygen atoms in total. The number of rotatable bonds is 4. The highest BCUT2D eigenvalue weighted by Gasteiger charge is 2.30. The largest absolute Gasteiger partial charge is 0.380 e. The highest BCUT2D eigenvalue weighted by atomic mass is 15.2.